The molecule has 1 aromatic carbocycles. The van der Waals surface area contributed by atoms with Gasteiger partial charge in [-0.25, -0.2) is 9.97 Å². The second kappa shape index (κ2) is 7.97. The van der Waals surface area contributed by atoms with Crippen LogP contribution in [0.2, 0.25) is 0 Å². The van der Waals surface area contributed by atoms with Gasteiger partial charge in [-0.05, 0) is 38.1 Å². The Balaban J connectivity index is 1.73. The van der Waals surface area contributed by atoms with Crippen molar-refractivity contribution in [3.05, 3.63) is 63.5 Å². The molecule has 4 aromatic rings. The highest BCUT2D eigenvalue weighted by Crippen LogP contribution is 2.31. The van der Waals surface area contributed by atoms with Crippen LogP contribution >= 0.6 is 22.7 Å². The number of thiophene rings is 1. The van der Waals surface area contributed by atoms with E-state index in [-0.39, 0.29) is 11.8 Å². The van der Waals surface area contributed by atoms with E-state index in [4.69, 9.17) is 4.98 Å². The minimum Gasteiger partial charge on any atom is -0.344 e. The third-order valence-electron chi connectivity index (χ3n) is 4.57. The molecule has 3 aromatic heterocycles. The molecule has 0 unspecified atom stereocenters. The van der Waals surface area contributed by atoms with E-state index < -0.39 is 0 Å². The quantitative estimate of drug-likeness (QED) is 0.489. The van der Waals surface area contributed by atoms with Gasteiger partial charge in [0, 0.05) is 24.4 Å². The Kier molecular flexibility index (Phi) is 5.36. The van der Waals surface area contributed by atoms with Crippen molar-refractivity contribution in [2.75, 3.05) is 19.4 Å². The number of fused-ring (bicyclic) bond motifs is 1. The number of rotatable bonds is 4. The van der Waals surface area contributed by atoms with Crippen LogP contribution in [0.4, 0.5) is 5.13 Å². The fourth-order valence-corrected chi connectivity index (χ4v) is 4.89. The van der Waals surface area contributed by atoms with Crippen molar-refractivity contribution in [1.82, 2.24) is 14.9 Å². The third-order valence-corrected chi connectivity index (χ3v) is 6.66. The molecule has 0 aliphatic heterocycles. The van der Waals surface area contributed by atoms with Crippen LogP contribution in [0.25, 0.3) is 21.5 Å². The maximum absolute atomic E-state index is 13.2. The molecule has 4 rings (SSSR count). The molecule has 0 saturated heterocycles. The number of carbonyl (C=O) groups is 2. The number of nitrogens with one attached hydrogen (secondary N) is 1. The lowest BCUT2D eigenvalue weighted by Gasteiger charge is -2.09. The molecule has 0 atom stereocenters. The van der Waals surface area contributed by atoms with Crippen LogP contribution in [0.3, 0.4) is 0 Å². The van der Waals surface area contributed by atoms with Crippen molar-refractivity contribution < 1.29 is 9.59 Å². The Bertz CT molecular complexity index is 1270. The molecule has 30 heavy (non-hydrogen) atoms. The molecule has 0 aliphatic carbocycles. The van der Waals surface area contributed by atoms with Gasteiger partial charge >= 0.3 is 0 Å². The Hall–Kier alpha value is -3.10. The SMILES string of the molecule is Cc1ccc(-c2cc(C(=O)Nc3nc(C)c(C(=O)N(C)C)s3)c3ccccc3n2)s1. The van der Waals surface area contributed by atoms with Crippen molar-refractivity contribution in [3.8, 4) is 10.6 Å². The molecule has 1 N–H and O–H groups in total. The lowest BCUT2D eigenvalue weighted by molar-refractivity contribution is 0.0831. The summed E-state index contributed by atoms with van der Waals surface area (Å²) in [6, 6.07) is 13.4. The number of pyridine rings is 1. The van der Waals surface area contributed by atoms with E-state index in [0.29, 0.717) is 21.3 Å². The number of amides is 2. The molecule has 0 saturated carbocycles. The van der Waals surface area contributed by atoms with Gasteiger partial charge in [-0.1, -0.05) is 29.5 Å². The van der Waals surface area contributed by atoms with Crippen LogP contribution in [-0.2, 0) is 0 Å². The van der Waals surface area contributed by atoms with Crippen LogP contribution in [-0.4, -0.2) is 40.8 Å². The predicted molar refractivity (Wildman–Crippen MR) is 123 cm³/mol. The van der Waals surface area contributed by atoms with Crippen LogP contribution in [0.15, 0.2) is 42.5 Å². The zero-order valence-corrected chi connectivity index (χ0v) is 18.6. The first-order valence-electron chi connectivity index (χ1n) is 9.30. The molecule has 0 spiro atoms. The van der Waals surface area contributed by atoms with E-state index in [1.54, 1.807) is 32.4 Å². The summed E-state index contributed by atoms with van der Waals surface area (Å²) >= 11 is 2.82. The molecule has 0 fully saturated rings. The summed E-state index contributed by atoms with van der Waals surface area (Å²) < 4.78 is 0. The average molecular weight is 437 g/mol. The Labute approximate surface area is 182 Å². The van der Waals surface area contributed by atoms with Gasteiger partial charge in [-0.3, -0.25) is 14.9 Å². The van der Waals surface area contributed by atoms with Gasteiger partial charge in [-0.15, -0.1) is 11.3 Å². The maximum Gasteiger partial charge on any atom is 0.265 e. The van der Waals surface area contributed by atoms with E-state index in [2.05, 4.69) is 10.3 Å². The van der Waals surface area contributed by atoms with E-state index in [1.807, 2.05) is 49.4 Å². The first-order chi connectivity index (χ1) is 14.3. The molecule has 152 valence electrons. The van der Waals surface area contributed by atoms with Crippen molar-refractivity contribution in [1.29, 1.82) is 0 Å². The van der Waals surface area contributed by atoms with Crippen molar-refractivity contribution >= 4 is 50.5 Å². The third kappa shape index (κ3) is 3.83. The summed E-state index contributed by atoms with van der Waals surface area (Å²) in [5.74, 6) is -0.407. The molecule has 0 radical (unpaired) electrons. The van der Waals surface area contributed by atoms with E-state index in [1.165, 1.54) is 21.1 Å². The number of para-hydroxylation sites is 1. The highest BCUT2D eigenvalue weighted by Gasteiger charge is 2.20. The van der Waals surface area contributed by atoms with E-state index >= 15 is 0 Å². The Morgan fingerprint density at radius 1 is 1.00 bits per heavy atom. The number of carbonyl (C=O) groups excluding carboxylic acids is 2. The molecule has 0 bridgehead atoms. The van der Waals surface area contributed by atoms with Crippen molar-refractivity contribution in [3.63, 3.8) is 0 Å². The largest absolute Gasteiger partial charge is 0.344 e. The standard InChI is InChI=1S/C22H20N4O2S2/c1-12-9-10-18(29-12)17-11-15(14-7-5-6-8-16(14)24-17)20(27)25-22-23-13(2)19(30-22)21(28)26(3)4/h5-11H,1-4H3,(H,23,25,27). The number of hydrogen-bond acceptors (Lipinski definition) is 6. The summed E-state index contributed by atoms with van der Waals surface area (Å²) in [4.78, 5) is 38.8. The summed E-state index contributed by atoms with van der Waals surface area (Å²) in [5.41, 5.74) is 2.64. The molecular formula is C22H20N4O2S2. The molecule has 8 heteroatoms. The maximum atomic E-state index is 13.2. The lowest BCUT2D eigenvalue weighted by atomic mass is 10.1. The highest BCUT2D eigenvalue weighted by molar-refractivity contribution is 7.17. The predicted octanol–water partition coefficient (Wildman–Crippen LogP) is 4.99. The molecule has 6 nitrogen and oxygen atoms in total. The van der Waals surface area contributed by atoms with E-state index in [0.717, 1.165) is 21.5 Å². The number of thiazole rings is 1. The molecular weight excluding hydrogens is 416 g/mol. The lowest BCUT2D eigenvalue weighted by Crippen LogP contribution is -2.21. The summed E-state index contributed by atoms with van der Waals surface area (Å²) in [5, 5.41) is 4.03. The van der Waals surface area contributed by atoms with Crippen LogP contribution in [0.5, 0.6) is 0 Å². The first-order valence-corrected chi connectivity index (χ1v) is 10.9. The van der Waals surface area contributed by atoms with Gasteiger partial charge in [0.2, 0.25) is 0 Å². The van der Waals surface area contributed by atoms with Crippen molar-refractivity contribution in [2.24, 2.45) is 0 Å². The van der Waals surface area contributed by atoms with Crippen LogP contribution < -0.4 is 5.32 Å². The van der Waals surface area contributed by atoms with Gasteiger partial charge in [0.15, 0.2) is 5.13 Å². The highest BCUT2D eigenvalue weighted by atomic mass is 32.1. The summed E-state index contributed by atoms with van der Waals surface area (Å²) in [6.07, 6.45) is 0. The number of nitrogens with zero attached hydrogens (tertiary/aromatic N) is 3. The number of aryl methyl sites for hydroxylation is 2. The van der Waals surface area contributed by atoms with Gasteiger partial charge in [0.25, 0.3) is 11.8 Å². The number of aromatic nitrogens is 2. The van der Waals surface area contributed by atoms with Crippen molar-refractivity contribution in [2.45, 2.75) is 13.8 Å². The Morgan fingerprint density at radius 2 is 1.77 bits per heavy atom. The number of hydrogen-bond donors (Lipinski definition) is 1. The van der Waals surface area contributed by atoms with E-state index in [9.17, 15) is 9.59 Å². The summed E-state index contributed by atoms with van der Waals surface area (Å²) in [7, 11) is 3.38. The van der Waals surface area contributed by atoms with Gasteiger partial charge in [0.1, 0.15) is 4.88 Å². The zero-order valence-electron chi connectivity index (χ0n) is 17.0. The molecule has 3 heterocycles. The fraction of sp³-hybridized carbons (Fsp3) is 0.182. The number of anilines is 1. The average Bonchev–Trinajstić information content (AvgIpc) is 3.31. The topological polar surface area (TPSA) is 75.2 Å². The summed E-state index contributed by atoms with van der Waals surface area (Å²) in [6.45, 7) is 3.81. The van der Waals surface area contributed by atoms with Gasteiger partial charge in [0.05, 0.1) is 27.3 Å². The second-order valence-corrected chi connectivity index (χ2v) is 9.36. The van der Waals surface area contributed by atoms with Crippen LogP contribution in [0, 0.1) is 13.8 Å². The minimum atomic E-state index is -0.277. The normalized spacial score (nSPS) is 10.9. The molecule has 0 aliphatic rings. The Morgan fingerprint density at radius 3 is 2.47 bits per heavy atom. The minimum absolute atomic E-state index is 0.129. The van der Waals surface area contributed by atoms with Gasteiger partial charge in [-0.2, -0.15) is 0 Å². The molecule has 2 amide bonds. The fourth-order valence-electron chi connectivity index (χ4n) is 3.08. The number of benzene rings is 1. The monoisotopic (exact) mass is 436 g/mol. The smallest absolute Gasteiger partial charge is 0.265 e. The second-order valence-electron chi connectivity index (χ2n) is 7.07. The first kappa shape index (κ1) is 20.2. The van der Waals surface area contributed by atoms with Gasteiger partial charge < -0.3 is 4.90 Å². The van der Waals surface area contributed by atoms with Crippen LogP contribution in [0.1, 0.15) is 30.6 Å². The zero-order chi connectivity index (χ0) is 21.4.